The molecule has 14 heavy (non-hydrogen) atoms. The molecule has 0 fully saturated rings. The summed E-state index contributed by atoms with van der Waals surface area (Å²) in [5.74, 6) is -2.05. The lowest BCUT2D eigenvalue weighted by molar-refractivity contribution is -0.353. The molecule has 0 unspecified atom stereocenters. The van der Waals surface area contributed by atoms with Crippen LogP contribution in [0.15, 0.2) is 20.6 Å². The van der Waals surface area contributed by atoms with Crippen molar-refractivity contribution in [2.75, 3.05) is 0 Å². The van der Waals surface area contributed by atoms with Gasteiger partial charge in [0.05, 0.1) is 20.6 Å². The molecular formula is C2H4N8O4. The fourth-order valence-electron chi connectivity index (χ4n) is 0.205. The number of guanidine groups is 2. The van der Waals surface area contributed by atoms with Crippen LogP contribution in [0.3, 0.4) is 0 Å². The second-order valence-corrected chi connectivity index (χ2v) is 1.61. The van der Waals surface area contributed by atoms with E-state index in [1.807, 2.05) is 0 Å². The minimum Gasteiger partial charge on any atom is -0.390 e. The normalized spacial score (nSPS) is 13.1. The maximum Gasteiger partial charge on any atom is 0.449 e. The zero-order chi connectivity index (χ0) is 11.1. The van der Waals surface area contributed by atoms with Crippen molar-refractivity contribution >= 4 is 11.9 Å². The van der Waals surface area contributed by atoms with Gasteiger partial charge in [0.1, 0.15) is 0 Å². The van der Waals surface area contributed by atoms with E-state index in [-0.39, 0.29) is 0 Å². The zero-order valence-electron chi connectivity index (χ0n) is 6.47. The summed E-state index contributed by atoms with van der Waals surface area (Å²) in [5.41, 5.74) is 9.35. The van der Waals surface area contributed by atoms with Gasteiger partial charge in [-0.3, -0.25) is 11.5 Å². The average molecular weight is 204 g/mol. The first kappa shape index (κ1) is 11.3. The molecule has 0 bridgehead atoms. The van der Waals surface area contributed by atoms with Gasteiger partial charge >= 0.3 is 11.9 Å². The standard InChI is InChI=1S/C2H4N8O4/c3-1(9(11)12)5-7-8-6-2(4)10(13)14/h(H2,3,5,8)(H2,4,6,7). The maximum atomic E-state index is 9.81. The molecule has 4 N–H and O–H groups in total. The predicted molar refractivity (Wildman–Crippen MR) is 42.1 cm³/mol. The van der Waals surface area contributed by atoms with Crippen LogP contribution in [0.4, 0.5) is 0 Å². The van der Waals surface area contributed by atoms with Crippen molar-refractivity contribution in [3.05, 3.63) is 20.2 Å². The highest BCUT2D eigenvalue weighted by Crippen LogP contribution is 1.81. The molecule has 0 aliphatic rings. The molecule has 0 radical (unpaired) electrons. The Morgan fingerprint density at radius 2 is 1.21 bits per heavy atom. The first-order chi connectivity index (χ1) is 6.45. The molecule has 0 heterocycles. The Morgan fingerprint density at radius 3 is 1.43 bits per heavy atom. The number of rotatable bonds is 2. The van der Waals surface area contributed by atoms with Gasteiger partial charge in [-0.25, -0.2) is 0 Å². The second-order valence-electron chi connectivity index (χ2n) is 1.61. The van der Waals surface area contributed by atoms with Crippen molar-refractivity contribution in [3.63, 3.8) is 0 Å². The minimum atomic E-state index is -1.03. The molecule has 0 atom stereocenters. The Morgan fingerprint density at radius 1 is 0.929 bits per heavy atom. The van der Waals surface area contributed by atoms with E-state index in [2.05, 4.69) is 32.1 Å². The van der Waals surface area contributed by atoms with E-state index in [9.17, 15) is 20.2 Å². The molecule has 0 aliphatic heterocycles. The van der Waals surface area contributed by atoms with Gasteiger partial charge in [0.2, 0.25) is 0 Å². The molecule has 0 aliphatic carbocycles. The highest BCUT2D eigenvalue weighted by atomic mass is 16.6. The topological polar surface area (TPSA) is 188 Å². The van der Waals surface area contributed by atoms with Crippen molar-refractivity contribution in [2.24, 2.45) is 32.1 Å². The van der Waals surface area contributed by atoms with Gasteiger partial charge in [0.25, 0.3) is 0 Å². The van der Waals surface area contributed by atoms with Crippen LogP contribution in [0.25, 0.3) is 0 Å². The molecule has 12 heteroatoms. The van der Waals surface area contributed by atoms with E-state index >= 15 is 0 Å². The van der Waals surface area contributed by atoms with Crippen molar-refractivity contribution in [1.82, 2.24) is 0 Å². The van der Waals surface area contributed by atoms with Gasteiger partial charge in [0, 0.05) is 0 Å². The van der Waals surface area contributed by atoms with Crippen molar-refractivity contribution < 1.29 is 9.85 Å². The molecule has 0 saturated heterocycles. The van der Waals surface area contributed by atoms with Gasteiger partial charge < -0.3 is 20.2 Å². The number of nitro groups is 2. The highest BCUT2D eigenvalue weighted by molar-refractivity contribution is 5.69. The molecule has 0 aromatic carbocycles. The van der Waals surface area contributed by atoms with E-state index in [4.69, 9.17) is 0 Å². The third-order valence-electron chi connectivity index (χ3n) is 0.708. The smallest absolute Gasteiger partial charge is 0.390 e. The summed E-state index contributed by atoms with van der Waals surface area (Å²) >= 11 is 0. The SMILES string of the molecule is NC(=NN=NN=C(N)[N+](=O)[O-])[N+](=O)[O-]. The van der Waals surface area contributed by atoms with E-state index in [0.717, 1.165) is 0 Å². The van der Waals surface area contributed by atoms with E-state index < -0.39 is 21.8 Å². The summed E-state index contributed by atoms with van der Waals surface area (Å²) in [7, 11) is 0. The molecule has 0 amide bonds. The summed E-state index contributed by atoms with van der Waals surface area (Å²) < 4.78 is 0. The van der Waals surface area contributed by atoms with Crippen molar-refractivity contribution in [3.8, 4) is 0 Å². The summed E-state index contributed by atoms with van der Waals surface area (Å²) in [6.07, 6.45) is 0. The average Bonchev–Trinajstić information content (AvgIpc) is 2.11. The summed E-state index contributed by atoms with van der Waals surface area (Å²) in [5, 5.41) is 30.5. The van der Waals surface area contributed by atoms with Crippen LogP contribution < -0.4 is 11.5 Å². The van der Waals surface area contributed by atoms with Crippen molar-refractivity contribution in [1.29, 1.82) is 0 Å². The Bertz CT molecular complexity index is 296. The van der Waals surface area contributed by atoms with Gasteiger partial charge in [-0.1, -0.05) is 0 Å². The Hall–Kier alpha value is -2.66. The molecule has 0 spiro atoms. The lowest BCUT2D eigenvalue weighted by atomic mass is 11.1. The monoisotopic (exact) mass is 204 g/mol. The van der Waals surface area contributed by atoms with Gasteiger partial charge in [-0.05, 0) is 9.85 Å². The first-order valence-electron chi connectivity index (χ1n) is 2.80. The van der Waals surface area contributed by atoms with Crippen LogP contribution in [-0.2, 0) is 0 Å². The third kappa shape index (κ3) is 4.27. The molecule has 76 valence electrons. The number of hydrogen-bond donors (Lipinski definition) is 2. The third-order valence-corrected chi connectivity index (χ3v) is 0.708. The fourth-order valence-corrected chi connectivity index (χ4v) is 0.205. The van der Waals surface area contributed by atoms with Crippen LogP contribution in [0.2, 0.25) is 0 Å². The van der Waals surface area contributed by atoms with E-state index in [1.54, 1.807) is 0 Å². The van der Waals surface area contributed by atoms with Gasteiger partial charge in [-0.15, -0.1) is 0 Å². The lowest BCUT2D eigenvalue weighted by Gasteiger charge is -1.87. The van der Waals surface area contributed by atoms with Gasteiger partial charge in [-0.2, -0.15) is 0 Å². The largest absolute Gasteiger partial charge is 0.449 e. The van der Waals surface area contributed by atoms with Crippen LogP contribution in [0.5, 0.6) is 0 Å². The molecule has 0 rings (SSSR count). The Kier molecular flexibility index (Phi) is 4.11. The van der Waals surface area contributed by atoms with Crippen LogP contribution in [-0.4, -0.2) is 21.8 Å². The predicted octanol–water partition coefficient (Wildman–Crippen LogP) is -1.55. The Balaban J connectivity index is 4.35. The molecule has 0 aromatic heterocycles. The van der Waals surface area contributed by atoms with E-state index in [0.29, 0.717) is 0 Å². The quantitative estimate of drug-likeness (QED) is 0.180. The number of nitrogens with two attached hydrogens (primary N) is 2. The lowest BCUT2D eigenvalue weighted by Crippen LogP contribution is -2.22. The first-order valence-corrected chi connectivity index (χ1v) is 2.80. The summed E-state index contributed by atoms with van der Waals surface area (Å²) in [6.45, 7) is 0. The molecule has 12 nitrogen and oxygen atoms in total. The molecular weight excluding hydrogens is 200 g/mol. The van der Waals surface area contributed by atoms with E-state index in [1.165, 1.54) is 0 Å². The summed E-state index contributed by atoms with van der Waals surface area (Å²) in [4.78, 5) is 17.6. The summed E-state index contributed by atoms with van der Waals surface area (Å²) in [6, 6.07) is 0. The van der Waals surface area contributed by atoms with Gasteiger partial charge in [0.15, 0.2) is 0 Å². The second kappa shape index (κ2) is 5.07. The number of hydrogen-bond acceptors (Lipinski definition) is 6. The maximum absolute atomic E-state index is 9.81. The van der Waals surface area contributed by atoms with Crippen molar-refractivity contribution in [2.45, 2.75) is 0 Å². The Labute approximate surface area is 75.3 Å². The molecule has 0 saturated carbocycles. The highest BCUT2D eigenvalue weighted by Gasteiger charge is 2.03. The van der Waals surface area contributed by atoms with Crippen LogP contribution >= 0.6 is 0 Å². The minimum absolute atomic E-state index is 1.02. The molecule has 0 aromatic rings. The zero-order valence-corrected chi connectivity index (χ0v) is 6.47. The fraction of sp³-hybridized carbons (Fsp3) is 0. The van der Waals surface area contributed by atoms with Crippen LogP contribution in [0.1, 0.15) is 0 Å². The number of nitrogens with zero attached hydrogens (tertiary/aromatic N) is 6. The van der Waals surface area contributed by atoms with Crippen LogP contribution in [0, 0.1) is 20.2 Å².